The molecule has 1 saturated heterocycles. The minimum absolute atomic E-state index is 0.146. The van der Waals surface area contributed by atoms with E-state index < -0.39 is 0 Å². The Morgan fingerprint density at radius 2 is 1.45 bits per heavy atom. The molecule has 4 heteroatoms. The highest BCUT2D eigenvalue weighted by molar-refractivity contribution is 5.96. The molecule has 1 fully saturated rings. The minimum atomic E-state index is 0.146. The Labute approximate surface area is 253 Å². The van der Waals surface area contributed by atoms with Crippen LogP contribution in [0.15, 0.2) is 78.9 Å². The summed E-state index contributed by atoms with van der Waals surface area (Å²) >= 11 is 0. The summed E-state index contributed by atoms with van der Waals surface area (Å²) in [6.45, 7) is 5.71. The third-order valence-electron chi connectivity index (χ3n) is 8.91. The van der Waals surface area contributed by atoms with Gasteiger partial charge in [0.05, 0.1) is 7.11 Å². The average Bonchev–Trinajstić information content (AvgIpc) is 3.55. The van der Waals surface area contributed by atoms with E-state index in [4.69, 9.17) is 4.74 Å². The van der Waals surface area contributed by atoms with Gasteiger partial charge in [0.25, 0.3) is 0 Å². The summed E-state index contributed by atoms with van der Waals surface area (Å²) in [4.78, 5) is 28.2. The zero-order valence-corrected chi connectivity index (χ0v) is 25.7. The lowest BCUT2D eigenvalue weighted by Gasteiger charge is -2.25. The molecule has 2 atom stereocenters. The van der Waals surface area contributed by atoms with Crippen LogP contribution in [0.3, 0.4) is 0 Å². The highest BCUT2D eigenvalue weighted by atomic mass is 16.5. The molecule has 1 aliphatic rings. The Morgan fingerprint density at radius 1 is 0.786 bits per heavy atom. The number of ketones is 2. The number of ether oxygens (including phenoxy) is 1. The van der Waals surface area contributed by atoms with Crippen molar-refractivity contribution in [3.8, 4) is 16.9 Å². The molecule has 0 bridgehead atoms. The molecule has 0 amide bonds. The van der Waals surface area contributed by atoms with Gasteiger partial charge in [-0.25, -0.2) is 0 Å². The standard InChI is InChI=1S/C38H49NO3/c1-3-32(37(40)14-8-5-9-15-38(41)35-22-24-36(42-2)25-23-35)19-18-31(29-39-26-10-11-27-39)28-30-16-20-34(21-17-30)33-12-6-4-7-13-33/h4,6-7,12-13,16-17,20-25,31-32H,3,5,8-11,14-15,18-19,26-29H2,1-2H3. The maximum Gasteiger partial charge on any atom is 0.162 e. The van der Waals surface area contributed by atoms with E-state index in [2.05, 4.69) is 66.4 Å². The number of rotatable bonds is 18. The van der Waals surface area contributed by atoms with Crippen molar-refractivity contribution in [2.45, 2.75) is 77.6 Å². The molecule has 42 heavy (non-hydrogen) atoms. The van der Waals surface area contributed by atoms with Crippen LogP contribution >= 0.6 is 0 Å². The van der Waals surface area contributed by atoms with Gasteiger partial charge in [0, 0.05) is 30.9 Å². The number of unbranched alkanes of at least 4 members (excludes halogenated alkanes) is 2. The molecule has 0 aromatic heterocycles. The van der Waals surface area contributed by atoms with Gasteiger partial charge in [-0.2, -0.15) is 0 Å². The Bertz CT molecular complexity index is 1210. The molecule has 4 rings (SSSR count). The molecule has 224 valence electrons. The van der Waals surface area contributed by atoms with Crippen LogP contribution < -0.4 is 4.74 Å². The van der Waals surface area contributed by atoms with E-state index >= 15 is 0 Å². The second-order valence-electron chi connectivity index (χ2n) is 12.0. The van der Waals surface area contributed by atoms with E-state index in [1.807, 2.05) is 24.3 Å². The lowest BCUT2D eigenvalue weighted by atomic mass is 9.86. The molecule has 3 aromatic carbocycles. The fraction of sp³-hybridized carbons (Fsp3) is 0.474. The van der Waals surface area contributed by atoms with Crippen LogP contribution in [0.1, 0.15) is 87.1 Å². The summed E-state index contributed by atoms with van der Waals surface area (Å²) in [5.41, 5.74) is 4.64. The van der Waals surface area contributed by atoms with Crippen molar-refractivity contribution in [1.82, 2.24) is 4.90 Å². The van der Waals surface area contributed by atoms with Crippen molar-refractivity contribution in [2.75, 3.05) is 26.7 Å². The van der Waals surface area contributed by atoms with Gasteiger partial charge in [-0.1, -0.05) is 67.9 Å². The van der Waals surface area contributed by atoms with Crippen molar-refractivity contribution < 1.29 is 14.3 Å². The first-order chi connectivity index (χ1) is 20.6. The highest BCUT2D eigenvalue weighted by Crippen LogP contribution is 2.26. The van der Waals surface area contributed by atoms with Crippen molar-refractivity contribution in [3.05, 3.63) is 90.0 Å². The maximum atomic E-state index is 13.2. The highest BCUT2D eigenvalue weighted by Gasteiger charge is 2.22. The van der Waals surface area contributed by atoms with Crippen LogP contribution in [0.4, 0.5) is 0 Å². The minimum Gasteiger partial charge on any atom is -0.497 e. The largest absolute Gasteiger partial charge is 0.497 e. The first-order valence-electron chi connectivity index (χ1n) is 16.1. The summed E-state index contributed by atoms with van der Waals surface area (Å²) in [5.74, 6) is 2.04. The van der Waals surface area contributed by atoms with Crippen molar-refractivity contribution >= 4 is 11.6 Å². The third-order valence-corrected chi connectivity index (χ3v) is 8.91. The van der Waals surface area contributed by atoms with Gasteiger partial charge in [-0.05, 0) is 111 Å². The molecule has 1 heterocycles. The second-order valence-corrected chi connectivity index (χ2v) is 12.0. The fourth-order valence-corrected chi connectivity index (χ4v) is 6.30. The van der Waals surface area contributed by atoms with E-state index in [0.717, 1.165) is 62.8 Å². The normalized spacial score (nSPS) is 14.9. The summed E-state index contributed by atoms with van der Waals surface area (Å²) in [6.07, 6.45) is 10.4. The summed E-state index contributed by atoms with van der Waals surface area (Å²) in [5, 5.41) is 0. The van der Waals surface area contributed by atoms with Crippen LogP contribution in [-0.2, 0) is 11.2 Å². The van der Waals surface area contributed by atoms with E-state index in [1.54, 1.807) is 7.11 Å². The number of carbonyl (C=O) groups excluding carboxylic acids is 2. The smallest absolute Gasteiger partial charge is 0.162 e. The second kappa shape index (κ2) is 17.0. The first kappa shape index (κ1) is 31.7. The van der Waals surface area contributed by atoms with Gasteiger partial charge in [0.15, 0.2) is 5.78 Å². The molecular weight excluding hydrogens is 518 g/mol. The Balaban J connectivity index is 1.22. The SMILES string of the molecule is CCC(CCC(Cc1ccc(-c2ccccc2)cc1)CN1CCCC1)C(=O)CCCCCC(=O)c1ccc(OC)cc1. The van der Waals surface area contributed by atoms with Gasteiger partial charge in [0.1, 0.15) is 11.5 Å². The molecule has 0 radical (unpaired) electrons. The molecule has 0 N–H and O–H groups in total. The predicted molar refractivity (Wildman–Crippen MR) is 173 cm³/mol. The molecule has 2 unspecified atom stereocenters. The number of likely N-dealkylation sites (tertiary alicyclic amines) is 1. The topological polar surface area (TPSA) is 46.6 Å². The number of benzene rings is 3. The molecule has 3 aromatic rings. The van der Waals surface area contributed by atoms with Crippen LogP contribution in [0.2, 0.25) is 0 Å². The summed E-state index contributed by atoms with van der Waals surface area (Å²) in [6, 6.07) is 27.0. The number of hydrogen-bond acceptors (Lipinski definition) is 4. The lowest BCUT2D eigenvalue weighted by molar-refractivity contribution is -0.123. The zero-order chi connectivity index (χ0) is 29.6. The molecule has 0 spiro atoms. The number of methoxy groups -OCH3 is 1. The van der Waals surface area contributed by atoms with Gasteiger partial charge in [0.2, 0.25) is 0 Å². The van der Waals surface area contributed by atoms with Crippen molar-refractivity contribution in [3.63, 3.8) is 0 Å². The average molecular weight is 568 g/mol. The van der Waals surface area contributed by atoms with Crippen LogP contribution in [0.5, 0.6) is 5.75 Å². The molecule has 4 nitrogen and oxygen atoms in total. The van der Waals surface area contributed by atoms with Crippen molar-refractivity contribution in [1.29, 1.82) is 0 Å². The predicted octanol–water partition coefficient (Wildman–Crippen LogP) is 8.83. The Hall–Kier alpha value is -3.24. The van der Waals surface area contributed by atoms with Crippen LogP contribution in [0.25, 0.3) is 11.1 Å². The first-order valence-corrected chi connectivity index (χ1v) is 16.1. The fourth-order valence-electron chi connectivity index (χ4n) is 6.30. The van der Waals surface area contributed by atoms with Gasteiger partial charge < -0.3 is 9.64 Å². The Kier molecular flexibility index (Phi) is 12.8. The van der Waals surface area contributed by atoms with E-state index in [0.29, 0.717) is 24.5 Å². The molecule has 0 saturated carbocycles. The van der Waals surface area contributed by atoms with Crippen LogP contribution in [-0.4, -0.2) is 43.2 Å². The van der Waals surface area contributed by atoms with E-state index in [1.165, 1.54) is 42.6 Å². The number of nitrogens with zero attached hydrogens (tertiary/aromatic N) is 1. The monoisotopic (exact) mass is 567 g/mol. The summed E-state index contributed by atoms with van der Waals surface area (Å²) in [7, 11) is 1.63. The van der Waals surface area contributed by atoms with Gasteiger partial charge in [-0.15, -0.1) is 0 Å². The lowest BCUT2D eigenvalue weighted by Crippen LogP contribution is -2.28. The number of carbonyl (C=O) groups is 2. The number of hydrogen-bond donors (Lipinski definition) is 0. The molecule has 0 aliphatic carbocycles. The Morgan fingerprint density at radius 3 is 2.12 bits per heavy atom. The molecular formula is C38H49NO3. The quantitative estimate of drug-likeness (QED) is 0.114. The van der Waals surface area contributed by atoms with E-state index in [9.17, 15) is 9.59 Å². The maximum absolute atomic E-state index is 13.2. The van der Waals surface area contributed by atoms with Gasteiger partial charge in [-0.3, -0.25) is 9.59 Å². The zero-order valence-electron chi connectivity index (χ0n) is 25.7. The van der Waals surface area contributed by atoms with Crippen LogP contribution in [0, 0.1) is 11.8 Å². The number of Topliss-reactive ketones (excluding diaryl/α,β-unsaturated/α-hetero) is 2. The van der Waals surface area contributed by atoms with Gasteiger partial charge >= 0.3 is 0 Å². The van der Waals surface area contributed by atoms with Crippen molar-refractivity contribution in [2.24, 2.45) is 11.8 Å². The summed E-state index contributed by atoms with van der Waals surface area (Å²) < 4.78 is 5.17. The molecule has 1 aliphatic heterocycles. The van der Waals surface area contributed by atoms with E-state index in [-0.39, 0.29) is 11.7 Å². The third kappa shape index (κ3) is 9.94.